The van der Waals surface area contributed by atoms with Crippen LogP contribution in [0.25, 0.3) is 10.1 Å². The minimum atomic E-state index is -1.19. The number of rotatable bonds is 2. The standard InChI is InChI=1S/C11H10O3S/c1-14-11(13)10(12)8-6-15-9-5-3-2-4-7(8)9/h2-6,10,12H,1H3. The van der Waals surface area contributed by atoms with E-state index >= 15 is 0 Å². The Morgan fingerprint density at radius 3 is 2.93 bits per heavy atom. The maximum Gasteiger partial charge on any atom is 0.339 e. The minimum Gasteiger partial charge on any atom is -0.467 e. The second-order valence-electron chi connectivity index (χ2n) is 3.11. The Hall–Kier alpha value is -1.39. The fourth-order valence-electron chi connectivity index (χ4n) is 1.45. The number of esters is 1. The number of hydrogen-bond donors (Lipinski definition) is 1. The van der Waals surface area contributed by atoms with E-state index in [1.807, 2.05) is 24.3 Å². The molecule has 0 aliphatic rings. The van der Waals surface area contributed by atoms with Crippen molar-refractivity contribution in [2.75, 3.05) is 7.11 Å². The molecule has 0 radical (unpaired) electrons. The third-order valence-electron chi connectivity index (χ3n) is 2.23. The van der Waals surface area contributed by atoms with Crippen molar-refractivity contribution >= 4 is 27.4 Å². The second-order valence-corrected chi connectivity index (χ2v) is 4.02. The summed E-state index contributed by atoms with van der Waals surface area (Å²) in [5.74, 6) is -0.626. The summed E-state index contributed by atoms with van der Waals surface area (Å²) in [5.41, 5.74) is 0.613. The fraction of sp³-hybridized carbons (Fsp3) is 0.182. The average molecular weight is 222 g/mol. The van der Waals surface area contributed by atoms with Gasteiger partial charge in [-0.3, -0.25) is 0 Å². The zero-order valence-electron chi connectivity index (χ0n) is 8.14. The van der Waals surface area contributed by atoms with Crippen molar-refractivity contribution < 1.29 is 14.6 Å². The number of aliphatic hydroxyl groups excluding tert-OH is 1. The summed E-state index contributed by atoms with van der Waals surface area (Å²) in [6.07, 6.45) is -1.19. The first kappa shape index (κ1) is 10.1. The normalized spacial score (nSPS) is 12.7. The van der Waals surface area contributed by atoms with E-state index in [4.69, 9.17) is 0 Å². The van der Waals surface area contributed by atoms with E-state index in [9.17, 15) is 9.90 Å². The van der Waals surface area contributed by atoms with Gasteiger partial charge in [-0.2, -0.15) is 0 Å². The molecule has 0 aliphatic heterocycles. The van der Waals surface area contributed by atoms with Gasteiger partial charge in [-0.25, -0.2) is 4.79 Å². The molecular formula is C11H10O3S. The van der Waals surface area contributed by atoms with E-state index < -0.39 is 12.1 Å². The minimum absolute atomic E-state index is 0.613. The Kier molecular flexibility index (Phi) is 2.70. The quantitative estimate of drug-likeness (QED) is 0.791. The summed E-state index contributed by atoms with van der Waals surface area (Å²) in [6, 6.07) is 7.64. The summed E-state index contributed by atoms with van der Waals surface area (Å²) < 4.78 is 5.55. The molecule has 1 aromatic heterocycles. The van der Waals surface area contributed by atoms with Crippen LogP contribution in [-0.2, 0) is 9.53 Å². The summed E-state index contributed by atoms with van der Waals surface area (Å²) in [6.45, 7) is 0. The Bertz CT molecular complexity index is 489. The molecule has 0 aliphatic carbocycles. The van der Waals surface area contributed by atoms with E-state index in [1.54, 1.807) is 5.38 Å². The highest BCUT2D eigenvalue weighted by Crippen LogP contribution is 2.30. The van der Waals surface area contributed by atoms with Crippen LogP contribution in [0, 0.1) is 0 Å². The lowest BCUT2D eigenvalue weighted by Gasteiger charge is -2.06. The highest BCUT2D eigenvalue weighted by molar-refractivity contribution is 7.17. The summed E-state index contributed by atoms with van der Waals surface area (Å²) in [7, 11) is 1.26. The van der Waals surface area contributed by atoms with Gasteiger partial charge >= 0.3 is 5.97 Å². The van der Waals surface area contributed by atoms with Gasteiger partial charge in [0.1, 0.15) is 0 Å². The highest BCUT2D eigenvalue weighted by atomic mass is 32.1. The van der Waals surface area contributed by atoms with Crippen LogP contribution in [-0.4, -0.2) is 18.2 Å². The SMILES string of the molecule is COC(=O)C(O)c1csc2ccccc12. The molecule has 78 valence electrons. The number of hydrogen-bond acceptors (Lipinski definition) is 4. The van der Waals surface area contributed by atoms with Crippen LogP contribution in [0.2, 0.25) is 0 Å². The smallest absolute Gasteiger partial charge is 0.339 e. The molecule has 3 nitrogen and oxygen atoms in total. The van der Waals surface area contributed by atoms with E-state index in [1.165, 1.54) is 18.4 Å². The largest absolute Gasteiger partial charge is 0.467 e. The first-order valence-corrected chi connectivity index (χ1v) is 5.34. The molecule has 4 heteroatoms. The van der Waals surface area contributed by atoms with E-state index in [-0.39, 0.29) is 0 Å². The predicted octanol–water partition coefficient (Wildman–Crippen LogP) is 2.11. The van der Waals surface area contributed by atoms with Crippen molar-refractivity contribution in [2.24, 2.45) is 0 Å². The molecule has 1 aromatic carbocycles. The van der Waals surface area contributed by atoms with E-state index in [2.05, 4.69) is 4.74 Å². The third-order valence-corrected chi connectivity index (χ3v) is 3.21. The van der Waals surface area contributed by atoms with E-state index in [0.717, 1.165) is 10.1 Å². The number of carbonyl (C=O) groups excluding carboxylic acids is 1. The first-order chi connectivity index (χ1) is 7.24. The number of thiophene rings is 1. The average Bonchev–Trinajstić information content (AvgIpc) is 2.70. The van der Waals surface area contributed by atoms with Gasteiger partial charge in [-0.15, -0.1) is 11.3 Å². The van der Waals surface area contributed by atoms with Crippen LogP contribution in [0.5, 0.6) is 0 Å². The molecule has 1 unspecified atom stereocenters. The predicted molar refractivity (Wildman–Crippen MR) is 58.8 cm³/mol. The Morgan fingerprint density at radius 2 is 2.20 bits per heavy atom. The van der Waals surface area contributed by atoms with Crippen molar-refractivity contribution in [1.82, 2.24) is 0 Å². The summed E-state index contributed by atoms with van der Waals surface area (Å²) >= 11 is 1.50. The maximum atomic E-state index is 11.2. The molecule has 0 bridgehead atoms. The molecule has 0 spiro atoms. The number of ether oxygens (including phenoxy) is 1. The first-order valence-electron chi connectivity index (χ1n) is 4.46. The summed E-state index contributed by atoms with van der Waals surface area (Å²) in [5, 5.41) is 12.4. The van der Waals surface area contributed by atoms with Crippen molar-refractivity contribution in [1.29, 1.82) is 0 Å². The van der Waals surface area contributed by atoms with Gasteiger partial charge in [-0.1, -0.05) is 18.2 Å². The van der Waals surface area contributed by atoms with Crippen LogP contribution < -0.4 is 0 Å². The second kappa shape index (κ2) is 4.00. The van der Waals surface area contributed by atoms with Crippen LogP contribution in [0.4, 0.5) is 0 Å². The maximum absolute atomic E-state index is 11.2. The molecule has 2 aromatic rings. The molecule has 2 rings (SSSR count). The van der Waals surface area contributed by atoms with Crippen LogP contribution in [0.1, 0.15) is 11.7 Å². The zero-order chi connectivity index (χ0) is 10.8. The lowest BCUT2D eigenvalue weighted by Crippen LogP contribution is -2.12. The van der Waals surface area contributed by atoms with Gasteiger partial charge < -0.3 is 9.84 Å². The molecule has 1 atom stereocenters. The van der Waals surface area contributed by atoms with Gasteiger partial charge in [0.2, 0.25) is 0 Å². The number of aliphatic hydroxyl groups is 1. The molecule has 0 saturated carbocycles. The van der Waals surface area contributed by atoms with Crippen molar-refractivity contribution in [3.63, 3.8) is 0 Å². The topological polar surface area (TPSA) is 46.5 Å². The lowest BCUT2D eigenvalue weighted by molar-refractivity contribution is -0.150. The van der Waals surface area contributed by atoms with Gasteiger partial charge in [0.05, 0.1) is 7.11 Å². The van der Waals surface area contributed by atoms with Gasteiger partial charge in [0, 0.05) is 10.3 Å². The number of fused-ring (bicyclic) bond motifs is 1. The molecule has 1 N–H and O–H groups in total. The van der Waals surface area contributed by atoms with Gasteiger partial charge in [0.15, 0.2) is 6.10 Å². The van der Waals surface area contributed by atoms with Crippen LogP contribution >= 0.6 is 11.3 Å². The third kappa shape index (κ3) is 1.73. The summed E-state index contributed by atoms with van der Waals surface area (Å²) in [4.78, 5) is 11.2. The van der Waals surface area contributed by atoms with E-state index in [0.29, 0.717) is 5.56 Å². The Balaban J connectivity index is 2.48. The molecule has 15 heavy (non-hydrogen) atoms. The monoisotopic (exact) mass is 222 g/mol. The lowest BCUT2D eigenvalue weighted by atomic mass is 10.1. The fourth-order valence-corrected chi connectivity index (χ4v) is 2.43. The highest BCUT2D eigenvalue weighted by Gasteiger charge is 2.20. The Morgan fingerprint density at radius 1 is 1.47 bits per heavy atom. The van der Waals surface area contributed by atoms with Crippen molar-refractivity contribution in [3.05, 3.63) is 35.2 Å². The van der Waals surface area contributed by atoms with Gasteiger partial charge in [-0.05, 0) is 16.8 Å². The van der Waals surface area contributed by atoms with Gasteiger partial charge in [0.25, 0.3) is 0 Å². The molecule has 0 amide bonds. The van der Waals surface area contributed by atoms with Crippen LogP contribution in [0.15, 0.2) is 29.6 Å². The van der Waals surface area contributed by atoms with Crippen LogP contribution in [0.3, 0.4) is 0 Å². The number of benzene rings is 1. The molecular weight excluding hydrogens is 212 g/mol. The van der Waals surface area contributed by atoms with Crippen molar-refractivity contribution in [3.8, 4) is 0 Å². The zero-order valence-corrected chi connectivity index (χ0v) is 8.95. The van der Waals surface area contributed by atoms with Crippen molar-refractivity contribution in [2.45, 2.75) is 6.10 Å². The molecule has 0 fully saturated rings. The number of carbonyl (C=O) groups is 1. The molecule has 1 heterocycles. The molecule has 0 saturated heterocycles. The number of methoxy groups -OCH3 is 1. The Labute approximate surface area is 90.9 Å².